The van der Waals surface area contributed by atoms with Gasteiger partial charge in [-0.25, -0.2) is 9.97 Å². The zero-order valence-corrected chi connectivity index (χ0v) is 45.0. The summed E-state index contributed by atoms with van der Waals surface area (Å²) in [4.78, 5) is 30.8. The predicted molar refractivity (Wildman–Crippen MR) is 308 cm³/mol. The number of aromatic nitrogens is 4. The van der Waals surface area contributed by atoms with E-state index in [-0.39, 0.29) is 31.6 Å². The van der Waals surface area contributed by atoms with Crippen molar-refractivity contribution in [3.8, 4) is 67.3 Å². The number of hydrogen-bond donors (Lipinski definition) is 1. The summed E-state index contributed by atoms with van der Waals surface area (Å²) in [7, 11) is 0. The molecule has 0 aliphatic heterocycles. The van der Waals surface area contributed by atoms with Crippen molar-refractivity contribution in [2.75, 3.05) is 0 Å². The average Bonchev–Trinajstić information content (AvgIpc) is 4.06. The topological polar surface area (TPSA) is 88.9 Å². The maximum Gasteiger partial charge on any atom is 0.155 e. The quantitative estimate of drug-likeness (QED) is 0.100. The van der Waals surface area contributed by atoms with E-state index in [2.05, 4.69) is 200 Å². The number of benzene rings is 10. The Bertz CT molecular complexity index is 3910. The monoisotopic (exact) mass is 1180 g/mol. The fourth-order valence-corrected chi connectivity index (χ4v) is 12.9. The third kappa shape index (κ3) is 7.16. The summed E-state index contributed by atoms with van der Waals surface area (Å²) in [5, 5.41) is 8.36. The smallest absolute Gasteiger partial charge is 0.155 e. The molecule has 4 aliphatic carbocycles. The Kier molecular flexibility index (Phi) is 11.8. The van der Waals surface area contributed by atoms with Crippen molar-refractivity contribution in [1.82, 2.24) is 19.9 Å². The molecule has 0 amide bonds. The molecule has 2 spiro atoms. The number of rotatable bonds is 1. The maximum absolute atomic E-state index is 10.0. The van der Waals surface area contributed by atoms with Gasteiger partial charge in [-0.2, -0.15) is 0 Å². The van der Waals surface area contributed by atoms with E-state index in [9.17, 15) is 4.79 Å². The normalized spacial score (nSPS) is 13.5. The summed E-state index contributed by atoms with van der Waals surface area (Å²) in [6.45, 7) is 2.85. The number of carbonyl (C=O) groups is 1. The molecule has 12 aromatic rings. The number of para-hydroxylation sites is 4. The van der Waals surface area contributed by atoms with Gasteiger partial charge >= 0.3 is 0 Å². The molecule has 10 aromatic carbocycles. The molecule has 0 saturated heterocycles. The minimum Gasteiger partial charge on any atom is -0.512 e. The van der Waals surface area contributed by atoms with E-state index in [1.807, 2.05) is 42.5 Å². The fraction of sp³-hybridized carbons (Fsp3) is 0.0563. The van der Waals surface area contributed by atoms with Crippen LogP contribution in [0.15, 0.2) is 248 Å². The first-order valence-electron chi connectivity index (χ1n) is 26.0. The van der Waals surface area contributed by atoms with Crippen molar-refractivity contribution in [2.24, 2.45) is 0 Å². The molecule has 2 aromatic heterocycles. The molecule has 2 heterocycles. The minimum atomic E-state index is -0.481. The van der Waals surface area contributed by atoms with E-state index in [4.69, 9.17) is 25.0 Å². The number of aliphatic hydroxyl groups excluding tert-OH is 1. The fourth-order valence-electron chi connectivity index (χ4n) is 12.9. The number of fused-ring (bicyclic) bond motifs is 26. The van der Waals surface area contributed by atoms with Crippen LogP contribution in [0, 0.1) is 6.07 Å². The molecule has 7 heteroatoms. The zero-order valence-electron chi connectivity index (χ0n) is 42.6. The second-order valence-electron chi connectivity index (χ2n) is 20.0. The van der Waals surface area contributed by atoms with Crippen LogP contribution in [0.4, 0.5) is 0 Å². The van der Waals surface area contributed by atoms with E-state index in [1.165, 1.54) is 86.7 Å². The summed E-state index contributed by atoms with van der Waals surface area (Å²) < 4.78 is 0. The van der Waals surface area contributed by atoms with Gasteiger partial charge in [0.15, 0.2) is 5.78 Å². The van der Waals surface area contributed by atoms with Crippen LogP contribution >= 0.6 is 0 Å². The first kappa shape index (κ1) is 48.4. The van der Waals surface area contributed by atoms with Crippen LogP contribution in [-0.4, -0.2) is 30.8 Å². The molecule has 0 fully saturated rings. The molecular formula is C71H47IrN4O2-. The number of ketones is 1. The Morgan fingerprint density at radius 2 is 0.615 bits per heavy atom. The second-order valence-corrected chi connectivity index (χ2v) is 20.0. The van der Waals surface area contributed by atoms with Gasteiger partial charge in [-0.15, -0.1) is 35.4 Å². The predicted octanol–water partition coefficient (Wildman–Crippen LogP) is 16.1. The number of carbonyl (C=O) groups excluding carboxylic acids is 1. The summed E-state index contributed by atoms with van der Waals surface area (Å²) in [6.07, 6.45) is 1.17. The van der Waals surface area contributed by atoms with E-state index in [1.54, 1.807) is 0 Å². The molecule has 16 rings (SSSR count). The molecule has 373 valence electrons. The number of aliphatic hydroxyl groups is 1. The third-order valence-corrected chi connectivity index (χ3v) is 15.7. The van der Waals surface area contributed by atoms with Crippen molar-refractivity contribution < 1.29 is 30.0 Å². The van der Waals surface area contributed by atoms with E-state index in [0.29, 0.717) is 0 Å². The molecule has 1 N–H and O–H groups in total. The molecule has 78 heavy (non-hydrogen) atoms. The Morgan fingerprint density at radius 1 is 0.359 bits per heavy atom. The van der Waals surface area contributed by atoms with Crippen molar-refractivity contribution in [3.05, 3.63) is 299 Å². The third-order valence-electron chi connectivity index (χ3n) is 15.7. The van der Waals surface area contributed by atoms with Gasteiger partial charge in [0.2, 0.25) is 0 Å². The molecule has 1 radical (unpaired) electrons. The van der Waals surface area contributed by atoms with Gasteiger partial charge in [0.25, 0.3) is 0 Å². The van der Waals surface area contributed by atoms with Gasteiger partial charge in [0, 0.05) is 48.4 Å². The van der Waals surface area contributed by atoms with Gasteiger partial charge in [0.05, 0.1) is 50.3 Å². The molecule has 0 atom stereocenters. The molecule has 0 unspecified atom stereocenters. The molecule has 0 bridgehead atoms. The first-order chi connectivity index (χ1) is 37.9. The number of nitrogens with zero attached hydrogens (tertiary/aromatic N) is 4. The van der Waals surface area contributed by atoms with Crippen LogP contribution in [-0.2, 0) is 35.7 Å². The van der Waals surface area contributed by atoms with Gasteiger partial charge < -0.3 is 5.11 Å². The SMILES string of the molecule is CC(=O)C=C(C)O.[Ir].[c-]1cccc2c1-c1nc3ccccc3nc1-c1ccccc1C21c2ccccc2-c2ccccc21.c1ccc2c(c1)-c1ccccc1C21c2ccccc2-c2nc3ccccc3nc2-c2ccccc21. The van der Waals surface area contributed by atoms with Crippen LogP contribution < -0.4 is 0 Å². The summed E-state index contributed by atoms with van der Waals surface area (Å²) in [5.74, 6) is -0.0625. The van der Waals surface area contributed by atoms with Gasteiger partial charge in [-0.1, -0.05) is 194 Å². The van der Waals surface area contributed by atoms with Crippen molar-refractivity contribution in [1.29, 1.82) is 0 Å². The number of hydrogen-bond acceptors (Lipinski definition) is 6. The van der Waals surface area contributed by atoms with Crippen LogP contribution in [0.5, 0.6) is 0 Å². The Labute approximate surface area is 465 Å². The van der Waals surface area contributed by atoms with Crippen LogP contribution in [0.3, 0.4) is 0 Å². The van der Waals surface area contributed by atoms with E-state index < -0.39 is 10.8 Å². The maximum atomic E-state index is 10.0. The van der Waals surface area contributed by atoms with Crippen molar-refractivity contribution >= 4 is 27.9 Å². The van der Waals surface area contributed by atoms with Gasteiger partial charge in [-0.05, 0) is 105 Å². The largest absolute Gasteiger partial charge is 0.512 e. The Balaban J connectivity index is 0.000000131. The standard InChI is InChI=1S/C33H20N2.C33H19N2.C5H8O2.Ir/c2*1-5-15-25-21(11-1)22-12-2-6-16-26(22)33(25)27-17-7-3-13-23(27)31-32(24-14-4-8-18-28(24)33)35-30-20-10-9-19-29(30)34-31;1-4(6)3-5(2)7;/h1-20H;1-13,15-20H;3,6H,1-2H3;/q;-1;;. The van der Waals surface area contributed by atoms with Crippen LogP contribution in [0.25, 0.3) is 89.4 Å². The average molecular weight is 1180 g/mol. The second kappa shape index (κ2) is 19.1. The Morgan fingerprint density at radius 3 is 0.936 bits per heavy atom. The zero-order chi connectivity index (χ0) is 51.8. The number of allylic oxidation sites excluding steroid dienone is 2. The molecular weight excluding hydrogens is 1130 g/mol. The van der Waals surface area contributed by atoms with Gasteiger partial charge in [-0.3, -0.25) is 14.8 Å². The van der Waals surface area contributed by atoms with E-state index in [0.717, 1.165) is 67.1 Å². The van der Waals surface area contributed by atoms with Crippen molar-refractivity contribution in [3.63, 3.8) is 0 Å². The van der Waals surface area contributed by atoms with Crippen molar-refractivity contribution in [2.45, 2.75) is 24.7 Å². The summed E-state index contributed by atoms with van der Waals surface area (Å²) in [6, 6.07) is 88.0. The summed E-state index contributed by atoms with van der Waals surface area (Å²) in [5.41, 5.74) is 26.2. The molecule has 6 nitrogen and oxygen atoms in total. The van der Waals surface area contributed by atoms with Crippen LogP contribution in [0.2, 0.25) is 0 Å². The first-order valence-corrected chi connectivity index (χ1v) is 26.0. The Hall–Kier alpha value is -9.26. The molecule has 0 saturated carbocycles. The van der Waals surface area contributed by atoms with E-state index >= 15 is 0 Å². The van der Waals surface area contributed by atoms with Gasteiger partial charge in [0.1, 0.15) is 0 Å². The summed E-state index contributed by atoms with van der Waals surface area (Å²) >= 11 is 0. The molecule has 4 aliphatic rings. The minimum absolute atomic E-state index is 0. The van der Waals surface area contributed by atoms with Crippen LogP contribution in [0.1, 0.15) is 58.4 Å².